The lowest BCUT2D eigenvalue weighted by Gasteiger charge is -2.42. The summed E-state index contributed by atoms with van der Waals surface area (Å²) in [4.78, 5) is 27.3. The number of amides is 1. The number of nitrogens with one attached hydrogen (secondary N) is 2. The Labute approximate surface area is 175 Å². The second-order valence-corrected chi connectivity index (χ2v) is 7.74. The minimum Gasteiger partial charge on any atom is -0.466 e. The Bertz CT molecular complexity index is 1040. The van der Waals surface area contributed by atoms with E-state index in [-0.39, 0.29) is 12.6 Å². The molecule has 1 aliphatic rings. The number of para-hydroxylation sites is 1. The van der Waals surface area contributed by atoms with E-state index < -0.39 is 11.6 Å². The second-order valence-electron chi connectivity index (χ2n) is 7.74. The van der Waals surface area contributed by atoms with Crippen LogP contribution in [0.15, 0.2) is 54.6 Å². The molecule has 1 amide bonds. The van der Waals surface area contributed by atoms with Gasteiger partial charge in [-0.1, -0.05) is 48.5 Å². The molecular weight excluding hydrogens is 380 g/mol. The largest absolute Gasteiger partial charge is 0.466 e. The first-order valence-electron chi connectivity index (χ1n) is 10.3. The Balaban J connectivity index is 1.55. The number of carbonyl (C=O) groups is 2. The van der Waals surface area contributed by atoms with Crippen molar-refractivity contribution in [3.63, 3.8) is 0 Å². The van der Waals surface area contributed by atoms with Crippen molar-refractivity contribution in [2.75, 3.05) is 6.61 Å². The van der Waals surface area contributed by atoms with Gasteiger partial charge in [-0.2, -0.15) is 0 Å². The van der Waals surface area contributed by atoms with Gasteiger partial charge < -0.3 is 19.8 Å². The maximum absolute atomic E-state index is 12.6. The lowest BCUT2D eigenvalue weighted by Crippen LogP contribution is -2.51. The molecule has 1 heterocycles. The normalized spacial score (nSPS) is 14.7. The van der Waals surface area contributed by atoms with E-state index in [1.165, 1.54) is 6.92 Å². The maximum Gasteiger partial charge on any atom is 0.408 e. The Hall–Kier alpha value is -3.28. The molecule has 0 spiro atoms. The summed E-state index contributed by atoms with van der Waals surface area (Å²) in [5.41, 5.74) is 3.53. The van der Waals surface area contributed by atoms with Gasteiger partial charge in [-0.15, -0.1) is 0 Å². The molecule has 0 bridgehead atoms. The summed E-state index contributed by atoms with van der Waals surface area (Å²) >= 11 is 0. The first-order chi connectivity index (χ1) is 14.6. The molecular formula is C24H26N2O4. The molecule has 2 aromatic carbocycles. The van der Waals surface area contributed by atoms with Crippen LogP contribution in [-0.4, -0.2) is 23.7 Å². The number of hydrogen-bond donors (Lipinski definition) is 2. The molecule has 0 unspecified atom stereocenters. The fraction of sp³-hybridized carbons (Fsp3) is 0.333. The van der Waals surface area contributed by atoms with Crippen molar-refractivity contribution in [3.8, 4) is 0 Å². The van der Waals surface area contributed by atoms with Crippen molar-refractivity contribution in [3.05, 3.63) is 71.4 Å². The lowest BCUT2D eigenvalue weighted by atomic mass is 9.73. The van der Waals surface area contributed by atoms with Crippen molar-refractivity contribution in [1.82, 2.24) is 10.3 Å². The molecule has 2 N–H and O–H groups in total. The predicted octanol–water partition coefficient (Wildman–Crippen LogP) is 4.58. The number of ether oxygens (including phenoxy) is 2. The number of fused-ring (bicyclic) bond motifs is 1. The van der Waals surface area contributed by atoms with E-state index >= 15 is 0 Å². The highest BCUT2D eigenvalue weighted by molar-refractivity contribution is 5.85. The maximum atomic E-state index is 12.6. The number of aromatic nitrogens is 1. The Morgan fingerprint density at radius 1 is 1.03 bits per heavy atom. The van der Waals surface area contributed by atoms with Gasteiger partial charge in [0.25, 0.3) is 0 Å². The van der Waals surface area contributed by atoms with E-state index in [1.54, 1.807) is 0 Å². The van der Waals surface area contributed by atoms with E-state index in [4.69, 9.17) is 9.47 Å². The average Bonchev–Trinajstić information content (AvgIpc) is 3.08. The fourth-order valence-electron chi connectivity index (χ4n) is 4.09. The zero-order chi connectivity index (χ0) is 21.0. The van der Waals surface area contributed by atoms with E-state index in [1.807, 2.05) is 48.5 Å². The van der Waals surface area contributed by atoms with Crippen LogP contribution < -0.4 is 5.32 Å². The summed E-state index contributed by atoms with van der Waals surface area (Å²) < 4.78 is 10.7. The minimum absolute atomic E-state index is 0.231. The summed E-state index contributed by atoms with van der Waals surface area (Å²) in [6.45, 7) is 1.95. The smallest absolute Gasteiger partial charge is 0.408 e. The van der Waals surface area contributed by atoms with Crippen LogP contribution in [0.25, 0.3) is 10.9 Å². The van der Waals surface area contributed by atoms with Gasteiger partial charge in [0.1, 0.15) is 6.61 Å². The van der Waals surface area contributed by atoms with Gasteiger partial charge in [0.2, 0.25) is 0 Å². The summed E-state index contributed by atoms with van der Waals surface area (Å²) in [6, 6.07) is 17.7. The van der Waals surface area contributed by atoms with Gasteiger partial charge in [0.05, 0.1) is 12.1 Å². The quantitative estimate of drug-likeness (QED) is 0.563. The molecule has 3 aromatic rings. The molecule has 0 atom stereocenters. The highest BCUT2D eigenvalue weighted by Crippen LogP contribution is 2.44. The van der Waals surface area contributed by atoms with E-state index in [0.29, 0.717) is 13.0 Å². The third kappa shape index (κ3) is 4.17. The van der Waals surface area contributed by atoms with Crippen LogP contribution in [0.4, 0.5) is 4.79 Å². The number of rotatable bonds is 7. The fourth-order valence-corrected chi connectivity index (χ4v) is 4.09. The van der Waals surface area contributed by atoms with Crippen LogP contribution in [0.5, 0.6) is 0 Å². The van der Waals surface area contributed by atoms with Crippen molar-refractivity contribution >= 4 is 23.0 Å². The topological polar surface area (TPSA) is 80.4 Å². The van der Waals surface area contributed by atoms with Gasteiger partial charge >= 0.3 is 12.1 Å². The summed E-state index contributed by atoms with van der Waals surface area (Å²) in [5.74, 6) is -0.294. The van der Waals surface area contributed by atoms with Gasteiger partial charge in [-0.25, -0.2) is 4.79 Å². The second kappa shape index (κ2) is 8.61. The number of benzene rings is 2. The van der Waals surface area contributed by atoms with E-state index in [9.17, 15) is 9.59 Å². The zero-order valence-electron chi connectivity index (χ0n) is 17.1. The number of hydrogen-bond acceptors (Lipinski definition) is 4. The molecule has 0 saturated heterocycles. The van der Waals surface area contributed by atoms with Crippen molar-refractivity contribution in [2.45, 2.75) is 44.8 Å². The molecule has 1 saturated carbocycles. The van der Waals surface area contributed by atoms with Crippen molar-refractivity contribution < 1.29 is 19.1 Å². The SMILES string of the molecule is CC(=O)OCCc1c(C2(NC(=O)OCc3ccccc3)CCC2)[nH]c2ccccc12. The van der Waals surface area contributed by atoms with E-state index in [2.05, 4.69) is 16.4 Å². The van der Waals surface area contributed by atoms with Crippen LogP contribution in [0, 0.1) is 0 Å². The molecule has 0 aliphatic heterocycles. The number of aromatic amines is 1. The molecule has 1 fully saturated rings. The lowest BCUT2D eigenvalue weighted by molar-refractivity contribution is -0.140. The standard InChI is InChI=1S/C24H26N2O4/c1-17(27)29-15-12-20-19-10-5-6-11-21(19)25-22(20)24(13-7-14-24)26-23(28)30-16-18-8-3-2-4-9-18/h2-6,8-11,25H,7,12-16H2,1H3,(H,26,28). The molecule has 6 heteroatoms. The van der Waals surface area contributed by atoms with Crippen molar-refractivity contribution in [2.24, 2.45) is 0 Å². The highest BCUT2D eigenvalue weighted by Gasteiger charge is 2.43. The van der Waals surface area contributed by atoms with Gasteiger partial charge in [-0.05, 0) is 36.5 Å². The molecule has 156 valence electrons. The average molecular weight is 406 g/mol. The first-order valence-corrected chi connectivity index (χ1v) is 10.3. The Morgan fingerprint density at radius 3 is 2.47 bits per heavy atom. The van der Waals surface area contributed by atoms with Gasteiger partial charge in [-0.3, -0.25) is 4.79 Å². The molecule has 6 nitrogen and oxygen atoms in total. The number of H-pyrrole nitrogens is 1. The van der Waals surface area contributed by atoms with Crippen LogP contribution in [-0.2, 0) is 32.8 Å². The molecule has 30 heavy (non-hydrogen) atoms. The molecule has 0 radical (unpaired) electrons. The van der Waals surface area contributed by atoms with Crippen LogP contribution >= 0.6 is 0 Å². The monoisotopic (exact) mass is 406 g/mol. The number of esters is 1. The van der Waals surface area contributed by atoms with Gasteiger partial charge in [0, 0.05) is 29.9 Å². The Morgan fingerprint density at radius 2 is 1.77 bits per heavy atom. The third-order valence-electron chi connectivity index (χ3n) is 5.71. The first kappa shape index (κ1) is 20.0. The van der Waals surface area contributed by atoms with Crippen LogP contribution in [0.3, 0.4) is 0 Å². The molecule has 1 aromatic heterocycles. The van der Waals surface area contributed by atoms with E-state index in [0.717, 1.165) is 47.0 Å². The minimum atomic E-state index is -0.488. The van der Waals surface area contributed by atoms with Crippen LogP contribution in [0.1, 0.15) is 43.0 Å². The summed E-state index contributed by atoms with van der Waals surface area (Å²) in [7, 11) is 0. The molecule has 1 aliphatic carbocycles. The van der Waals surface area contributed by atoms with Crippen LogP contribution in [0.2, 0.25) is 0 Å². The molecule has 4 rings (SSSR count). The zero-order valence-corrected chi connectivity index (χ0v) is 17.1. The number of carbonyl (C=O) groups excluding carboxylic acids is 2. The summed E-state index contributed by atoms with van der Waals surface area (Å²) in [5, 5.41) is 4.21. The third-order valence-corrected chi connectivity index (χ3v) is 5.71. The predicted molar refractivity (Wildman–Crippen MR) is 114 cm³/mol. The highest BCUT2D eigenvalue weighted by atomic mass is 16.5. The van der Waals surface area contributed by atoms with Gasteiger partial charge in [0.15, 0.2) is 0 Å². The Kier molecular flexibility index (Phi) is 5.74. The van der Waals surface area contributed by atoms with Crippen molar-refractivity contribution in [1.29, 1.82) is 0 Å². The summed E-state index contributed by atoms with van der Waals surface area (Å²) in [6.07, 6.45) is 2.85. The number of alkyl carbamates (subject to hydrolysis) is 1.